The second kappa shape index (κ2) is 33.1. The Morgan fingerprint density at radius 2 is 0.818 bits per heavy atom. The van der Waals surface area contributed by atoms with E-state index in [1.807, 2.05) is 13.8 Å². The lowest BCUT2D eigenvalue weighted by atomic mass is 9.89. The number of rotatable bonds is 30. The highest BCUT2D eigenvalue weighted by atomic mass is 32.7. The van der Waals surface area contributed by atoms with E-state index < -0.39 is 191 Å². The van der Waals surface area contributed by atoms with E-state index >= 15 is 0 Å². The van der Waals surface area contributed by atoms with Crippen LogP contribution in [0, 0.1) is 25.7 Å². The van der Waals surface area contributed by atoms with Gasteiger partial charge in [-0.3, -0.25) is 107 Å². The standard InChI is InChI=1S/C56H78N17O27P5S5/c1-24(2)27-10-38(69-9-8-37(57)62-53(69)78)91-32(27)17-86-101(81,106)96-28-11-39(70-15-25(3)47(74)67-54(70)79)92-33(28)18-87-103(83,108)98-30-13-41(72-22-60-43-45(72)63-51(58)65-49(43)76)94-35(30)20-89-102(82,107)97-29-12-40(71-16-26(4)48(75)68-55(71)80)93-34(29)19-88-104(84,109)99-31-14-42(73-23-61-44-46(73)64-52(59)66-50(44)77)95-36(31)21-90-105(85,110)100-56(5,6)7/h8-9,15-16,22-24,27-36,38-42H,10-14,17-21H2,1-7H3,(H,81,106)(H,82,107)(H,83,108)(H,84,109)(H,85,110)(H2,57,62,78)(H,67,74,79)(H,68,75,80)(H3,58,63,65,76)(H3,59,64,66,77)/t27?,28?,29?,30?,31?,32-,33-,34-,35-,36-,38-,39-,40-,41-,42-,101?,102?,103?,104?,105?/m1/s1. The quantitative estimate of drug-likeness (QED) is 0.0200. The highest BCUT2D eigenvalue weighted by molar-refractivity contribution is 8.45. The van der Waals surface area contributed by atoms with Crippen molar-refractivity contribution in [2.75, 3.05) is 50.2 Å². The molecule has 7 aromatic rings. The molecule has 0 radical (unpaired) electrons. The minimum atomic E-state index is -4.81. The first-order chi connectivity index (χ1) is 51.4. The average molecular weight is 1740 g/mol. The van der Waals surface area contributed by atoms with E-state index in [4.69, 9.17) is 86.1 Å². The van der Waals surface area contributed by atoms with Crippen LogP contribution < -0.4 is 56.5 Å². The lowest BCUT2D eigenvalue weighted by Gasteiger charge is -2.27. The molecule has 5 aliphatic heterocycles. The number of nitrogens with one attached hydrogen (secondary N) is 4. The number of imidazole rings is 2. The summed E-state index contributed by atoms with van der Waals surface area (Å²) in [5, 5.41) is 0. The molecule has 10 unspecified atom stereocenters. The van der Waals surface area contributed by atoms with Gasteiger partial charge in [0.05, 0.1) is 57.4 Å². The molecule has 12 heterocycles. The predicted molar refractivity (Wildman–Crippen MR) is 404 cm³/mol. The lowest BCUT2D eigenvalue weighted by Crippen LogP contribution is -2.33. The second-order valence-corrected chi connectivity index (χ2v) is 41.7. The number of aryl methyl sites for hydroxylation is 2. The van der Waals surface area contributed by atoms with Crippen molar-refractivity contribution in [3.05, 3.63) is 121 Å². The fourth-order valence-electron chi connectivity index (χ4n) is 12.9. The fourth-order valence-corrected chi connectivity index (χ4v) is 21.0. The molecule has 0 spiro atoms. The van der Waals surface area contributed by atoms with Crippen molar-refractivity contribution >= 4 is 135 Å². The zero-order chi connectivity index (χ0) is 79.6. The summed E-state index contributed by atoms with van der Waals surface area (Å²) < 4.78 is 168. The Morgan fingerprint density at radius 1 is 0.482 bits per heavy atom. The minimum Gasteiger partial charge on any atom is -0.383 e. The first-order valence-electron chi connectivity index (χ1n) is 33.5. The number of nitrogen functional groups attached to an aromatic ring is 3. The Morgan fingerprint density at radius 3 is 1.17 bits per heavy atom. The Kier molecular flexibility index (Phi) is 25.3. The SMILES string of the molecule is Cc1cn([C@H]2CC(OP(=O)(S)OC[C@H]3O[C@@H](n4ccc(N)nc4=O)CC3C(C)C)[C@@H](COP(=O)(S)OC3C[C@H](n4cnc5c(=O)[nH]c(N)nc54)O[C@@H]3COP(=O)(S)OC3C[C@H](n4cc(C)c(=O)[nH]c4=O)O[C@@H]3COP(=O)(S)OC3C[C@H](n4cnc5c(=O)[nH]c(N)nc54)O[C@@H]3COP(=O)(S)OC(C)(C)C)O2)c(=O)[nH]c1=O. The number of H-pyrrole nitrogens is 4. The summed E-state index contributed by atoms with van der Waals surface area (Å²) in [6, 6.07) is 1.44. The number of thiol groups is 5. The molecule has 54 heteroatoms. The van der Waals surface area contributed by atoms with Crippen molar-refractivity contribution in [3.8, 4) is 0 Å². The van der Waals surface area contributed by atoms with Crippen LogP contribution in [0.5, 0.6) is 0 Å². The van der Waals surface area contributed by atoms with Gasteiger partial charge in [-0.2, -0.15) is 15.0 Å². The van der Waals surface area contributed by atoms with Gasteiger partial charge >= 0.3 is 51.1 Å². The topological polar surface area (TPSA) is 574 Å². The second-order valence-electron chi connectivity index (χ2n) is 27.4. The van der Waals surface area contributed by atoms with Crippen molar-refractivity contribution in [2.24, 2.45) is 11.8 Å². The van der Waals surface area contributed by atoms with Crippen LogP contribution in [-0.4, -0.2) is 161 Å². The van der Waals surface area contributed by atoms with E-state index in [1.54, 1.807) is 20.8 Å². The molecule has 7 aromatic heterocycles. The van der Waals surface area contributed by atoms with Crippen LogP contribution in [0.2, 0.25) is 0 Å². The van der Waals surface area contributed by atoms with Gasteiger partial charge in [0.2, 0.25) is 11.9 Å². The van der Waals surface area contributed by atoms with Crippen LogP contribution in [0.15, 0.2) is 70.9 Å². The summed E-state index contributed by atoms with van der Waals surface area (Å²) >= 11 is 21.3. The van der Waals surface area contributed by atoms with Crippen LogP contribution in [0.1, 0.15) is 109 Å². The molecule has 44 nitrogen and oxygen atoms in total. The molecular formula is C56H78N17O27P5S5. The van der Waals surface area contributed by atoms with Crippen molar-refractivity contribution < 1.29 is 91.7 Å². The largest absolute Gasteiger partial charge is 0.386 e. The van der Waals surface area contributed by atoms with E-state index in [1.165, 1.54) is 64.9 Å². The molecule has 10 N–H and O–H groups in total. The molecule has 5 saturated heterocycles. The Bertz CT molecular complexity index is 5330. The maximum atomic E-state index is 14.8. The van der Waals surface area contributed by atoms with Crippen LogP contribution >= 0.6 is 95.2 Å². The van der Waals surface area contributed by atoms with Gasteiger partial charge in [0, 0.05) is 55.4 Å². The first kappa shape index (κ1) is 84.0. The normalized spacial score (nSPS) is 28.7. The molecule has 20 atom stereocenters. The molecule has 0 bridgehead atoms. The number of anilines is 3. The summed E-state index contributed by atoms with van der Waals surface area (Å²) in [7, 11) is 0. The number of hydrogen-bond donors (Lipinski definition) is 12. The number of nitrogens with zero attached hydrogens (tertiary/aromatic N) is 10. The Balaban J connectivity index is 0.759. The van der Waals surface area contributed by atoms with Crippen molar-refractivity contribution in [3.63, 3.8) is 0 Å². The van der Waals surface area contributed by atoms with Crippen molar-refractivity contribution in [1.82, 2.24) is 67.7 Å². The number of aromatic nitrogens is 14. The van der Waals surface area contributed by atoms with E-state index in [2.05, 4.69) is 106 Å². The number of fused-ring (bicyclic) bond motifs is 2. The predicted octanol–water partition coefficient (Wildman–Crippen LogP) is 5.31. The van der Waals surface area contributed by atoms with Crippen LogP contribution in [-0.2, 0) is 91.7 Å². The van der Waals surface area contributed by atoms with E-state index in [-0.39, 0.29) is 95.3 Å². The Hall–Kier alpha value is -5.36. The average Bonchev–Trinajstić information content (AvgIpc) is 1.61. The van der Waals surface area contributed by atoms with E-state index in [0.717, 1.165) is 9.13 Å². The van der Waals surface area contributed by atoms with E-state index in [9.17, 15) is 56.4 Å². The van der Waals surface area contributed by atoms with Crippen LogP contribution in [0.4, 0.5) is 17.7 Å². The molecule has 12 rings (SSSR count). The summed E-state index contributed by atoms with van der Waals surface area (Å²) in [5.74, 6) is -0.828. The molecule has 0 aliphatic carbocycles. The number of hydrogen-bond acceptors (Lipinski definition) is 35. The minimum absolute atomic E-state index is 0.00647. The zero-order valence-corrected chi connectivity index (χ0v) is 67.9. The third-order valence-corrected chi connectivity index (χ3v) is 26.3. The van der Waals surface area contributed by atoms with Gasteiger partial charge in [0.1, 0.15) is 85.8 Å². The highest BCUT2D eigenvalue weighted by Crippen LogP contribution is 2.63. The number of ether oxygens (including phenoxy) is 5. The molecule has 110 heavy (non-hydrogen) atoms. The van der Waals surface area contributed by atoms with Gasteiger partial charge in [-0.05, 0) is 58.9 Å². The zero-order valence-electron chi connectivity index (χ0n) is 59.0. The number of aromatic amines is 4. The number of nitrogens with two attached hydrogens (primary N) is 3. The van der Waals surface area contributed by atoms with Crippen molar-refractivity contribution in [1.29, 1.82) is 0 Å². The summed E-state index contributed by atoms with van der Waals surface area (Å²) in [5.41, 5.74) is 11.0. The van der Waals surface area contributed by atoms with Gasteiger partial charge in [-0.15, -0.1) is 0 Å². The highest BCUT2D eigenvalue weighted by Gasteiger charge is 2.50. The molecule has 604 valence electrons. The van der Waals surface area contributed by atoms with Gasteiger partial charge < -0.3 is 40.9 Å². The van der Waals surface area contributed by atoms with Crippen molar-refractivity contribution in [2.45, 2.75) is 172 Å². The van der Waals surface area contributed by atoms with E-state index in [0.29, 0.717) is 6.42 Å². The molecular weight excluding hydrogens is 1660 g/mol. The molecule has 0 saturated carbocycles. The van der Waals surface area contributed by atoms with Gasteiger partial charge in [-0.25, -0.2) is 47.2 Å². The summed E-state index contributed by atoms with van der Waals surface area (Å²) in [4.78, 5) is 120. The maximum absolute atomic E-state index is 14.8. The fraction of sp³-hybridized carbons (Fsp3) is 0.607. The van der Waals surface area contributed by atoms with Crippen LogP contribution in [0.25, 0.3) is 22.3 Å². The third-order valence-electron chi connectivity index (χ3n) is 17.9. The van der Waals surface area contributed by atoms with Gasteiger partial charge in [0.15, 0.2) is 22.3 Å². The smallest absolute Gasteiger partial charge is 0.383 e. The molecule has 0 amide bonds. The third kappa shape index (κ3) is 20.1. The maximum Gasteiger partial charge on any atom is 0.386 e. The summed E-state index contributed by atoms with van der Waals surface area (Å²) in [6.07, 6.45) is -12.2. The Labute approximate surface area is 646 Å². The molecule has 5 aliphatic rings. The first-order valence-corrected chi connectivity index (χ1v) is 46.9. The lowest BCUT2D eigenvalue weighted by molar-refractivity contribution is -0.0525. The van der Waals surface area contributed by atoms with Gasteiger partial charge in [0.25, 0.3) is 22.2 Å². The van der Waals surface area contributed by atoms with Gasteiger partial charge in [-0.1, -0.05) is 75.1 Å². The molecule has 5 fully saturated rings. The summed E-state index contributed by atoms with van der Waals surface area (Å²) in [6.45, 7) is -14.6. The monoisotopic (exact) mass is 1740 g/mol. The molecule has 0 aromatic carbocycles. The van der Waals surface area contributed by atoms with Crippen LogP contribution in [0.3, 0.4) is 0 Å².